The van der Waals surface area contributed by atoms with Gasteiger partial charge in [-0.1, -0.05) is 12.1 Å². The van der Waals surface area contributed by atoms with Crippen LogP contribution in [-0.4, -0.2) is 52.5 Å². The van der Waals surface area contributed by atoms with Crippen molar-refractivity contribution >= 4 is 11.4 Å². The normalized spacial score (nSPS) is 10.8. The lowest BCUT2D eigenvalue weighted by molar-refractivity contribution is 0.340. The third kappa shape index (κ3) is 4.37. The molecule has 7 heteroatoms. The van der Waals surface area contributed by atoms with Crippen LogP contribution in [0.15, 0.2) is 65.1 Å². The van der Waals surface area contributed by atoms with Crippen LogP contribution in [0.4, 0.5) is 11.4 Å². The van der Waals surface area contributed by atoms with Crippen LogP contribution in [-0.2, 0) is 0 Å². The summed E-state index contributed by atoms with van der Waals surface area (Å²) in [6.45, 7) is 0. The molecule has 0 unspecified atom stereocenters. The summed E-state index contributed by atoms with van der Waals surface area (Å²) in [6.07, 6.45) is 0. The molecule has 0 aliphatic carbocycles. The Kier molecular flexibility index (Phi) is 6.36. The lowest BCUT2D eigenvalue weighted by Gasteiger charge is -2.13. The number of benzene rings is 3. The zero-order chi connectivity index (χ0) is 24.4. The first kappa shape index (κ1) is 23.0. The van der Waals surface area contributed by atoms with Crippen molar-refractivity contribution in [3.63, 3.8) is 0 Å². The fourth-order valence-corrected chi connectivity index (χ4v) is 3.68. The molecule has 1 aromatic heterocycles. The second-order valence-corrected chi connectivity index (χ2v) is 8.31. The van der Waals surface area contributed by atoms with Gasteiger partial charge in [0.15, 0.2) is 17.3 Å². The maximum atomic E-state index is 10.3. The van der Waals surface area contributed by atoms with Gasteiger partial charge in [0.05, 0.1) is 14.2 Å². The van der Waals surface area contributed by atoms with Gasteiger partial charge in [0.25, 0.3) is 0 Å². The van der Waals surface area contributed by atoms with E-state index >= 15 is 0 Å². The average molecular weight is 460 g/mol. The number of anilines is 2. The molecule has 0 saturated heterocycles. The van der Waals surface area contributed by atoms with Gasteiger partial charge < -0.3 is 28.8 Å². The van der Waals surface area contributed by atoms with Gasteiger partial charge in [0, 0.05) is 56.3 Å². The molecule has 4 rings (SSSR count). The number of phenols is 1. The summed E-state index contributed by atoms with van der Waals surface area (Å²) in [6, 6.07) is 19.7. The first-order valence-corrected chi connectivity index (χ1v) is 10.8. The topological polar surface area (TPSA) is 71.2 Å². The number of rotatable bonds is 7. The Labute approximate surface area is 199 Å². The molecule has 1 N–H and O–H groups in total. The van der Waals surface area contributed by atoms with E-state index in [0.29, 0.717) is 17.2 Å². The highest BCUT2D eigenvalue weighted by molar-refractivity contribution is 5.81. The van der Waals surface area contributed by atoms with E-state index in [9.17, 15) is 5.11 Å². The Balaban J connectivity index is 1.88. The smallest absolute Gasteiger partial charge is 0.227 e. The highest BCUT2D eigenvalue weighted by Crippen LogP contribution is 2.42. The lowest BCUT2D eigenvalue weighted by atomic mass is 10.0. The SMILES string of the molecule is COc1cc(-c2nc(-c3ccc(N(C)C)cc3)c(-c3ccc(N(C)C)cc3)o2)cc(OC)c1O. The summed E-state index contributed by atoms with van der Waals surface area (Å²) in [5, 5.41) is 10.3. The zero-order valence-electron chi connectivity index (χ0n) is 20.3. The van der Waals surface area contributed by atoms with Crippen molar-refractivity contribution in [2.75, 3.05) is 52.2 Å². The van der Waals surface area contributed by atoms with Gasteiger partial charge in [-0.25, -0.2) is 4.98 Å². The van der Waals surface area contributed by atoms with Crippen molar-refractivity contribution in [3.05, 3.63) is 60.7 Å². The molecule has 4 aromatic rings. The van der Waals surface area contributed by atoms with Crippen LogP contribution in [0, 0.1) is 0 Å². The highest BCUT2D eigenvalue weighted by Gasteiger charge is 2.21. The number of nitrogens with zero attached hydrogens (tertiary/aromatic N) is 3. The molecule has 0 saturated carbocycles. The molecule has 0 aliphatic heterocycles. The standard InChI is InChI=1S/C27H29N3O4/c1-29(2)20-11-7-17(8-12-20)24-26(18-9-13-21(14-10-18)30(3)4)34-27(28-24)19-15-22(32-5)25(31)23(16-19)33-6/h7-16,31H,1-6H3. The minimum absolute atomic E-state index is 0.0701. The van der Waals surface area contributed by atoms with Gasteiger partial charge in [-0.05, 0) is 48.5 Å². The highest BCUT2D eigenvalue weighted by atomic mass is 16.5. The van der Waals surface area contributed by atoms with Crippen LogP contribution in [0.5, 0.6) is 17.2 Å². The Morgan fingerprint density at radius 2 is 1.18 bits per heavy atom. The first-order chi connectivity index (χ1) is 16.3. The number of aromatic nitrogens is 1. The van der Waals surface area contributed by atoms with E-state index in [2.05, 4.69) is 12.1 Å². The van der Waals surface area contributed by atoms with Gasteiger partial charge in [-0.3, -0.25) is 0 Å². The van der Waals surface area contributed by atoms with Gasteiger partial charge in [0.2, 0.25) is 11.6 Å². The van der Waals surface area contributed by atoms with E-state index in [1.807, 2.05) is 74.4 Å². The number of hydrogen-bond donors (Lipinski definition) is 1. The Morgan fingerprint density at radius 3 is 1.62 bits per heavy atom. The summed E-state index contributed by atoms with van der Waals surface area (Å²) in [5.74, 6) is 1.54. The molecule has 7 nitrogen and oxygen atoms in total. The zero-order valence-corrected chi connectivity index (χ0v) is 20.3. The molecule has 0 amide bonds. The third-order valence-electron chi connectivity index (χ3n) is 5.66. The van der Waals surface area contributed by atoms with Crippen LogP contribution >= 0.6 is 0 Å². The summed E-state index contributed by atoms with van der Waals surface area (Å²) in [7, 11) is 11.0. The molecule has 0 radical (unpaired) electrons. The number of ether oxygens (including phenoxy) is 2. The molecular weight excluding hydrogens is 430 g/mol. The van der Waals surface area contributed by atoms with Crippen LogP contribution in [0.1, 0.15) is 0 Å². The van der Waals surface area contributed by atoms with E-state index < -0.39 is 0 Å². The molecular formula is C27H29N3O4. The molecule has 0 spiro atoms. The van der Waals surface area contributed by atoms with Crippen LogP contribution in [0.2, 0.25) is 0 Å². The average Bonchev–Trinajstić information content (AvgIpc) is 3.30. The van der Waals surface area contributed by atoms with Crippen LogP contribution in [0.25, 0.3) is 34.0 Å². The van der Waals surface area contributed by atoms with Crippen molar-refractivity contribution in [1.29, 1.82) is 0 Å². The van der Waals surface area contributed by atoms with E-state index in [1.165, 1.54) is 14.2 Å². The van der Waals surface area contributed by atoms with E-state index in [0.717, 1.165) is 28.2 Å². The van der Waals surface area contributed by atoms with E-state index in [4.69, 9.17) is 18.9 Å². The summed E-state index contributed by atoms with van der Waals surface area (Å²) < 4.78 is 17.0. The summed E-state index contributed by atoms with van der Waals surface area (Å²) in [5.41, 5.74) is 5.39. The van der Waals surface area contributed by atoms with Crippen molar-refractivity contribution < 1.29 is 19.0 Å². The molecule has 0 aliphatic rings. The largest absolute Gasteiger partial charge is 0.502 e. The fraction of sp³-hybridized carbons (Fsp3) is 0.222. The molecule has 3 aromatic carbocycles. The minimum atomic E-state index is -0.0701. The number of methoxy groups -OCH3 is 2. The van der Waals surface area contributed by atoms with E-state index in [1.54, 1.807) is 12.1 Å². The number of hydrogen-bond acceptors (Lipinski definition) is 7. The number of aromatic hydroxyl groups is 1. The Morgan fingerprint density at radius 1 is 0.706 bits per heavy atom. The predicted octanol–water partition coefficient (Wildman–Crippen LogP) is 5.53. The predicted molar refractivity (Wildman–Crippen MR) is 136 cm³/mol. The van der Waals surface area contributed by atoms with Gasteiger partial charge >= 0.3 is 0 Å². The maximum Gasteiger partial charge on any atom is 0.227 e. The molecule has 1 heterocycles. The van der Waals surface area contributed by atoms with Gasteiger partial charge in [0.1, 0.15) is 5.69 Å². The second kappa shape index (κ2) is 9.39. The van der Waals surface area contributed by atoms with Gasteiger partial charge in [-0.2, -0.15) is 0 Å². The molecule has 0 fully saturated rings. The summed E-state index contributed by atoms with van der Waals surface area (Å²) in [4.78, 5) is 8.95. The molecule has 0 bridgehead atoms. The number of oxazole rings is 1. The second-order valence-electron chi connectivity index (χ2n) is 8.31. The minimum Gasteiger partial charge on any atom is -0.502 e. The monoisotopic (exact) mass is 459 g/mol. The lowest BCUT2D eigenvalue weighted by Crippen LogP contribution is -2.08. The molecule has 176 valence electrons. The van der Waals surface area contributed by atoms with Crippen molar-refractivity contribution in [1.82, 2.24) is 4.98 Å². The van der Waals surface area contributed by atoms with Crippen LogP contribution < -0.4 is 19.3 Å². The fourth-order valence-electron chi connectivity index (χ4n) is 3.68. The third-order valence-corrected chi connectivity index (χ3v) is 5.66. The van der Waals surface area contributed by atoms with Crippen molar-refractivity contribution in [2.24, 2.45) is 0 Å². The molecule has 0 atom stereocenters. The van der Waals surface area contributed by atoms with Crippen molar-refractivity contribution in [3.8, 4) is 51.3 Å². The number of phenolic OH excluding ortho intramolecular Hbond substituents is 1. The summed E-state index contributed by atoms with van der Waals surface area (Å²) >= 11 is 0. The first-order valence-electron chi connectivity index (χ1n) is 10.8. The molecule has 34 heavy (non-hydrogen) atoms. The van der Waals surface area contributed by atoms with Gasteiger partial charge in [-0.15, -0.1) is 0 Å². The quantitative estimate of drug-likeness (QED) is 0.390. The van der Waals surface area contributed by atoms with Crippen LogP contribution in [0.3, 0.4) is 0 Å². The Bertz CT molecular complexity index is 1180. The van der Waals surface area contributed by atoms with Crippen molar-refractivity contribution in [2.45, 2.75) is 0 Å². The Hall–Kier alpha value is -4.13. The maximum absolute atomic E-state index is 10.3. The van der Waals surface area contributed by atoms with E-state index in [-0.39, 0.29) is 17.2 Å².